The molecule has 1 aromatic carbocycles. The average Bonchev–Trinajstić information content (AvgIpc) is 2.45. The van der Waals surface area contributed by atoms with Crippen molar-refractivity contribution >= 4 is 11.8 Å². The molecule has 0 aliphatic rings. The summed E-state index contributed by atoms with van der Waals surface area (Å²) in [5.74, 6) is 0.717. The summed E-state index contributed by atoms with van der Waals surface area (Å²) >= 11 is 0. The first-order valence-corrected chi connectivity index (χ1v) is 7.25. The van der Waals surface area contributed by atoms with Gasteiger partial charge in [0, 0.05) is 12.1 Å². The van der Waals surface area contributed by atoms with Crippen molar-refractivity contribution in [2.24, 2.45) is 5.92 Å². The quantitative estimate of drug-likeness (QED) is 0.807. The van der Waals surface area contributed by atoms with E-state index in [-0.39, 0.29) is 11.8 Å². The van der Waals surface area contributed by atoms with Gasteiger partial charge in [0.2, 0.25) is 5.91 Å². The maximum absolute atomic E-state index is 12.0. The lowest BCUT2D eigenvalue weighted by Crippen LogP contribution is -2.44. The highest BCUT2D eigenvalue weighted by molar-refractivity contribution is 5.97. The lowest BCUT2D eigenvalue weighted by Gasteiger charge is -2.13. The first-order chi connectivity index (χ1) is 9.93. The molecule has 0 heterocycles. The van der Waals surface area contributed by atoms with E-state index in [1.165, 1.54) is 0 Å². The zero-order valence-corrected chi connectivity index (χ0v) is 13.1. The van der Waals surface area contributed by atoms with Crippen LogP contribution < -0.4 is 15.4 Å². The van der Waals surface area contributed by atoms with Gasteiger partial charge in [-0.2, -0.15) is 0 Å². The molecule has 2 N–H and O–H groups in total. The van der Waals surface area contributed by atoms with E-state index >= 15 is 0 Å². The van der Waals surface area contributed by atoms with Gasteiger partial charge in [0.25, 0.3) is 5.91 Å². The third-order valence-corrected chi connectivity index (χ3v) is 2.79. The molecule has 5 nitrogen and oxygen atoms in total. The highest BCUT2D eigenvalue weighted by Crippen LogP contribution is 2.13. The summed E-state index contributed by atoms with van der Waals surface area (Å²) in [7, 11) is 0. The maximum atomic E-state index is 12.0. The Bertz CT molecular complexity index is 469. The van der Waals surface area contributed by atoms with Gasteiger partial charge in [0.15, 0.2) is 0 Å². The van der Waals surface area contributed by atoms with E-state index in [9.17, 15) is 9.59 Å². The normalized spacial score (nSPS) is 11.9. The zero-order chi connectivity index (χ0) is 15.8. The van der Waals surface area contributed by atoms with Crippen molar-refractivity contribution in [3.05, 3.63) is 29.8 Å². The van der Waals surface area contributed by atoms with Gasteiger partial charge < -0.3 is 15.4 Å². The van der Waals surface area contributed by atoms with E-state index in [2.05, 4.69) is 24.5 Å². The number of benzene rings is 1. The van der Waals surface area contributed by atoms with Crippen molar-refractivity contribution in [3.8, 4) is 5.75 Å². The number of hydrogen-bond donors (Lipinski definition) is 2. The molecule has 0 aliphatic heterocycles. The third-order valence-electron chi connectivity index (χ3n) is 2.79. The first-order valence-electron chi connectivity index (χ1n) is 7.25. The fourth-order valence-corrected chi connectivity index (χ4v) is 1.64. The van der Waals surface area contributed by atoms with Crippen LogP contribution in [0.15, 0.2) is 24.3 Å². The van der Waals surface area contributed by atoms with Crippen LogP contribution in [0.25, 0.3) is 0 Å². The SMILES string of the molecule is CCNC(=O)[C@@H](C)NC(=O)c1ccc(OCC(C)C)cc1. The molecule has 0 saturated heterocycles. The summed E-state index contributed by atoms with van der Waals surface area (Å²) in [6.07, 6.45) is 0. The zero-order valence-electron chi connectivity index (χ0n) is 13.1. The second-order valence-electron chi connectivity index (χ2n) is 5.32. The van der Waals surface area contributed by atoms with Crippen molar-refractivity contribution in [2.75, 3.05) is 13.2 Å². The Morgan fingerprint density at radius 3 is 2.29 bits per heavy atom. The van der Waals surface area contributed by atoms with Crippen molar-refractivity contribution in [2.45, 2.75) is 33.7 Å². The summed E-state index contributed by atoms with van der Waals surface area (Å²) in [6, 6.07) is 6.34. The molecule has 0 aromatic heterocycles. The molecule has 0 fully saturated rings. The molecule has 116 valence electrons. The third kappa shape index (κ3) is 5.85. The molecule has 0 bridgehead atoms. The van der Waals surface area contributed by atoms with Crippen LogP contribution >= 0.6 is 0 Å². The van der Waals surface area contributed by atoms with Gasteiger partial charge in [0.05, 0.1) is 6.61 Å². The second kappa shape index (κ2) is 8.29. The monoisotopic (exact) mass is 292 g/mol. The standard InChI is InChI=1S/C16H24N2O3/c1-5-17-15(19)12(4)18-16(20)13-6-8-14(9-7-13)21-10-11(2)3/h6-9,11-12H,5,10H2,1-4H3,(H,17,19)(H,18,20)/t12-/m1/s1. The number of hydrogen-bond acceptors (Lipinski definition) is 3. The molecule has 2 amide bonds. The van der Waals surface area contributed by atoms with Gasteiger partial charge >= 0.3 is 0 Å². The maximum Gasteiger partial charge on any atom is 0.251 e. The van der Waals surface area contributed by atoms with Crippen molar-refractivity contribution in [1.29, 1.82) is 0 Å². The number of rotatable bonds is 7. The highest BCUT2D eigenvalue weighted by atomic mass is 16.5. The molecule has 21 heavy (non-hydrogen) atoms. The van der Waals surface area contributed by atoms with E-state index in [4.69, 9.17) is 4.74 Å². The summed E-state index contributed by atoms with van der Waals surface area (Å²) in [6.45, 7) is 8.82. The molecular weight excluding hydrogens is 268 g/mol. The van der Waals surface area contributed by atoms with Gasteiger partial charge in [-0.1, -0.05) is 13.8 Å². The molecule has 0 unspecified atom stereocenters. The Hall–Kier alpha value is -2.04. The smallest absolute Gasteiger partial charge is 0.251 e. The minimum Gasteiger partial charge on any atom is -0.493 e. The molecule has 1 atom stereocenters. The number of ether oxygens (including phenoxy) is 1. The fraction of sp³-hybridized carbons (Fsp3) is 0.500. The van der Waals surface area contributed by atoms with E-state index in [0.717, 1.165) is 5.75 Å². The molecule has 1 aromatic rings. The molecule has 0 radical (unpaired) electrons. The van der Waals surface area contributed by atoms with Crippen LogP contribution in [0.5, 0.6) is 5.75 Å². The van der Waals surface area contributed by atoms with Crippen molar-refractivity contribution in [3.63, 3.8) is 0 Å². The van der Waals surface area contributed by atoms with Gasteiger partial charge in [-0.05, 0) is 44.0 Å². The van der Waals surface area contributed by atoms with Crippen LogP contribution in [-0.4, -0.2) is 31.0 Å². The lowest BCUT2D eigenvalue weighted by molar-refractivity contribution is -0.122. The predicted octanol–water partition coefficient (Wildman–Crippen LogP) is 1.98. The van der Waals surface area contributed by atoms with Gasteiger partial charge in [-0.25, -0.2) is 0 Å². The van der Waals surface area contributed by atoms with E-state index in [1.807, 2.05) is 6.92 Å². The second-order valence-corrected chi connectivity index (χ2v) is 5.32. The number of carbonyl (C=O) groups excluding carboxylic acids is 2. The lowest BCUT2D eigenvalue weighted by atomic mass is 10.2. The Labute approximate surface area is 126 Å². The number of likely N-dealkylation sites (N-methyl/N-ethyl adjacent to an activating group) is 1. The largest absolute Gasteiger partial charge is 0.493 e. The van der Waals surface area contributed by atoms with Crippen LogP contribution in [0.4, 0.5) is 0 Å². The Morgan fingerprint density at radius 1 is 1.14 bits per heavy atom. The van der Waals surface area contributed by atoms with Crippen molar-refractivity contribution in [1.82, 2.24) is 10.6 Å². The van der Waals surface area contributed by atoms with Crippen LogP contribution in [0.3, 0.4) is 0 Å². The summed E-state index contributed by atoms with van der Waals surface area (Å²) in [5.41, 5.74) is 0.503. The fourth-order valence-electron chi connectivity index (χ4n) is 1.64. The topological polar surface area (TPSA) is 67.4 Å². The van der Waals surface area contributed by atoms with E-state index in [0.29, 0.717) is 24.6 Å². The van der Waals surface area contributed by atoms with Gasteiger partial charge in [0.1, 0.15) is 11.8 Å². The summed E-state index contributed by atoms with van der Waals surface area (Å²) in [4.78, 5) is 23.6. The summed E-state index contributed by atoms with van der Waals surface area (Å²) in [5, 5.41) is 5.32. The predicted molar refractivity (Wildman–Crippen MR) is 82.4 cm³/mol. The van der Waals surface area contributed by atoms with E-state index in [1.54, 1.807) is 31.2 Å². The van der Waals surface area contributed by atoms with Crippen molar-refractivity contribution < 1.29 is 14.3 Å². The first kappa shape index (κ1) is 17.0. The molecular formula is C16H24N2O3. The number of amides is 2. The number of carbonyl (C=O) groups is 2. The Kier molecular flexibility index (Phi) is 6.72. The van der Waals surface area contributed by atoms with Crippen LogP contribution in [0.2, 0.25) is 0 Å². The molecule has 0 saturated carbocycles. The Morgan fingerprint density at radius 2 is 1.76 bits per heavy atom. The van der Waals surface area contributed by atoms with Crippen LogP contribution in [0, 0.1) is 5.92 Å². The molecule has 5 heteroatoms. The Balaban J connectivity index is 2.56. The average molecular weight is 292 g/mol. The van der Waals surface area contributed by atoms with Gasteiger partial charge in [-0.3, -0.25) is 9.59 Å². The molecule has 0 spiro atoms. The number of nitrogens with one attached hydrogen (secondary N) is 2. The van der Waals surface area contributed by atoms with Gasteiger partial charge in [-0.15, -0.1) is 0 Å². The van der Waals surface area contributed by atoms with Crippen LogP contribution in [0.1, 0.15) is 38.1 Å². The van der Waals surface area contributed by atoms with Crippen LogP contribution in [-0.2, 0) is 4.79 Å². The highest BCUT2D eigenvalue weighted by Gasteiger charge is 2.15. The van der Waals surface area contributed by atoms with E-state index < -0.39 is 6.04 Å². The minimum atomic E-state index is -0.561. The molecule has 0 aliphatic carbocycles. The molecule has 1 rings (SSSR count). The minimum absolute atomic E-state index is 0.192. The summed E-state index contributed by atoms with van der Waals surface area (Å²) < 4.78 is 5.56.